The molecule has 4 N–H and O–H groups in total. The maximum atomic E-state index is 12.2. The highest BCUT2D eigenvalue weighted by molar-refractivity contribution is 5.86. The molecule has 10 nitrogen and oxygen atoms in total. The summed E-state index contributed by atoms with van der Waals surface area (Å²) in [4.78, 5) is 46.2. The minimum absolute atomic E-state index is 0.0623. The SMILES string of the molecule is NC(=O)[C@H](Cc1ccccc1[N+](=O)[O-])NC(=O)CCCCCNC(=O)OCc1ccccc1. The number of alkyl carbamates (subject to hydrolysis) is 1. The number of amides is 3. The predicted octanol–water partition coefficient (Wildman–Crippen LogP) is 2.59. The minimum atomic E-state index is -1.04. The molecule has 10 heteroatoms. The van der Waals surface area contributed by atoms with Gasteiger partial charge in [0, 0.05) is 31.0 Å². The Labute approximate surface area is 191 Å². The quantitative estimate of drug-likeness (QED) is 0.239. The van der Waals surface area contributed by atoms with Crippen LogP contribution < -0.4 is 16.4 Å². The molecule has 0 aromatic heterocycles. The number of primary amides is 1. The van der Waals surface area contributed by atoms with Gasteiger partial charge in [-0.3, -0.25) is 19.7 Å². The van der Waals surface area contributed by atoms with E-state index in [2.05, 4.69) is 10.6 Å². The average Bonchev–Trinajstić information content (AvgIpc) is 2.80. The normalized spacial score (nSPS) is 11.3. The smallest absolute Gasteiger partial charge is 0.407 e. The predicted molar refractivity (Wildman–Crippen MR) is 121 cm³/mol. The molecule has 0 unspecified atom stereocenters. The fourth-order valence-electron chi connectivity index (χ4n) is 3.12. The van der Waals surface area contributed by atoms with Gasteiger partial charge < -0.3 is 21.1 Å². The van der Waals surface area contributed by atoms with Crippen LogP contribution in [0.2, 0.25) is 0 Å². The van der Waals surface area contributed by atoms with Crippen molar-refractivity contribution in [3.63, 3.8) is 0 Å². The Morgan fingerprint density at radius 3 is 2.39 bits per heavy atom. The van der Waals surface area contributed by atoms with Gasteiger partial charge in [-0.15, -0.1) is 0 Å². The Morgan fingerprint density at radius 2 is 1.70 bits per heavy atom. The standard InChI is InChI=1S/C23H28N4O6/c24-22(29)19(15-18-11-6-7-12-20(18)27(31)32)26-21(28)13-5-2-8-14-25-23(30)33-16-17-9-3-1-4-10-17/h1,3-4,6-7,9-12,19H,2,5,8,13-16H2,(H2,24,29)(H,25,30)(H,26,28)/t19-/m0/s1. The van der Waals surface area contributed by atoms with Gasteiger partial charge in [0.1, 0.15) is 12.6 Å². The van der Waals surface area contributed by atoms with Gasteiger partial charge in [-0.2, -0.15) is 0 Å². The summed E-state index contributed by atoms with van der Waals surface area (Å²) in [5.41, 5.74) is 6.45. The van der Waals surface area contributed by atoms with E-state index in [1.807, 2.05) is 30.3 Å². The van der Waals surface area contributed by atoms with E-state index in [-0.39, 0.29) is 31.0 Å². The number of carbonyl (C=O) groups is 3. The zero-order valence-corrected chi connectivity index (χ0v) is 18.2. The summed E-state index contributed by atoms with van der Waals surface area (Å²) in [6.45, 7) is 0.608. The largest absolute Gasteiger partial charge is 0.445 e. The first-order valence-corrected chi connectivity index (χ1v) is 10.6. The number of nitro benzene ring substituents is 1. The highest BCUT2D eigenvalue weighted by Crippen LogP contribution is 2.19. The van der Waals surface area contributed by atoms with E-state index in [0.717, 1.165) is 5.56 Å². The summed E-state index contributed by atoms with van der Waals surface area (Å²) in [7, 11) is 0. The van der Waals surface area contributed by atoms with Crippen molar-refractivity contribution in [2.45, 2.75) is 44.8 Å². The van der Waals surface area contributed by atoms with Gasteiger partial charge >= 0.3 is 6.09 Å². The summed E-state index contributed by atoms with van der Waals surface area (Å²) >= 11 is 0. The van der Waals surface area contributed by atoms with Crippen LogP contribution in [-0.4, -0.2) is 35.4 Å². The van der Waals surface area contributed by atoms with Crippen LogP contribution in [0.25, 0.3) is 0 Å². The van der Waals surface area contributed by atoms with Crippen molar-refractivity contribution in [2.24, 2.45) is 5.73 Å². The fraction of sp³-hybridized carbons (Fsp3) is 0.348. The highest BCUT2D eigenvalue weighted by atomic mass is 16.6. The number of nitrogens with one attached hydrogen (secondary N) is 2. The Balaban J connectivity index is 1.64. The minimum Gasteiger partial charge on any atom is -0.445 e. The topological polar surface area (TPSA) is 154 Å². The van der Waals surface area contributed by atoms with Crippen molar-refractivity contribution >= 4 is 23.6 Å². The second-order valence-electron chi connectivity index (χ2n) is 7.41. The van der Waals surface area contributed by atoms with Crippen LogP contribution >= 0.6 is 0 Å². The maximum Gasteiger partial charge on any atom is 0.407 e. The van der Waals surface area contributed by atoms with Gasteiger partial charge in [-0.1, -0.05) is 55.0 Å². The molecule has 0 fully saturated rings. The van der Waals surface area contributed by atoms with Gasteiger partial charge in [0.05, 0.1) is 4.92 Å². The van der Waals surface area contributed by atoms with Crippen molar-refractivity contribution in [3.8, 4) is 0 Å². The molecule has 0 heterocycles. The first kappa shape index (κ1) is 25.3. The van der Waals surface area contributed by atoms with E-state index in [1.54, 1.807) is 6.07 Å². The van der Waals surface area contributed by atoms with E-state index in [4.69, 9.17) is 10.5 Å². The molecular weight excluding hydrogens is 428 g/mol. The molecule has 33 heavy (non-hydrogen) atoms. The van der Waals surface area contributed by atoms with Gasteiger partial charge in [0.15, 0.2) is 0 Å². The number of nitro groups is 1. The third kappa shape index (κ3) is 9.38. The lowest BCUT2D eigenvalue weighted by atomic mass is 10.0. The maximum absolute atomic E-state index is 12.2. The molecule has 1 atom stereocenters. The van der Waals surface area contributed by atoms with E-state index in [1.165, 1.54) is 18.2 Å². The Hall–Kier alpha value is -3.95. The summed E-state index contributed by atoms with van der Waals surface area (Å²) in [6.07, 6.45) is 1.48. The zero-order valence-electron chi connectivity index (χ0n) is 18.2. The van der Waals surface area contributed by atoms with Crippen molar-refractivity contribution in [1.29, 1.82) is 0 Å². The monoisotopic (exact) mass is 456 g/mol. The number of nitrogens with zero attached hydrogens (tertiary/aromatic N) is 1. The molecule has 0 radical (unpaired) electrons. The van der Waals surface area contributed by atoms with Gasteiger partial charge in [0.2, 0.25) is 11.8 Å². The van der Waals surface area contributed by atoms with E-state index >= 15 is 0 Å². The van der Waals surface area contributed by atoms with E-state index in [0.29, 0.717) is 31.4 Å². The lowest BCUT2D eigenvalue weighted by molar-refractivity contribution is -0.385. The van der Waals surface area contributed by atoms with Crippen molar-refractivity contribution in [1.82, 2.24) is 10.6 Å². The molecule has 3 amide bonds. The van der Waals surface area contributed by atoms with Gasteiger partial charge in [-0.25, -0.2) is 4.79 Å². The number of rotatable bonds is 13. The molecule has 0 aliphatic carbocycles. The van der Waals surface area contributed by atoms with Crippen LogP contribution in [-0.2, 0) is 27.4 Å². The molecule has 2 rings (SSSR count). The zero-order chi connectivity index (χ0) is 24.1. The number of carbonyl (C=O) groups excluding carboxylic acids is 3. The fourth-order valence-corrected chi connectivity index (χ4v) is 3.12. The first-order chi connectivity index (χ1) is 15.9. The van der Waals surface area contributed by atoms with Crippen molar-refractivity contribution in [2.75, 3.05) is 6.54 Å². The molecule has 2 aromatic rings. The van der Waals surface area contributed by atoms with Crippen LogP contribution in [0.1, 0.15) is 36.8 Å². The van der Waals surface area contributed by atoms with Crippen molar-refractivity contribution < 1.29 is 24.0 Å². The summed E-state index contributed by atoms with van der Waals surface area (Å²) in [5.74, 6) is -1.13. The number of unbranched alkanes of at least 4 members (excludes halogenated alkanes) is 2. The second-order valence-corrected chi connectivity index (χ2v) is 7.41. The van der Waals surface area contributed by atoms with Crippen LogP contribution in [0.3, 0.4) is 0 Å². The number of para-hydroxylation sites is 1. The number of benzene rings is 2. The number of ether oxygens (including phenoxy) is 1. The third-order valence-electron chi connectivity index (χ3n) is 4.85. The summed E-state index contributed by atoms with van der Waals surface area (Å²) in [5, 5.41) is 16.3. The molecule has 0 aliphatic heterocycles. The van der Waals surface area contributed by atoms with Crippen LogP contribution in [0.15, 0.2) is 54.6 Å². The van der Waals surface area contributed by atoms with E-state index in [9.17, 15) is 24.5 Å². The van der Waals surface area contributed by atoms with Crippen LogP contribution in [0, 0.1) is 10.1 Å². The highest BCUT2D eigenvalue weighted by Gasteiger charge is 2.22. The van der Waals surface area contributed by atoms with E-state index < -0.39 is 23.0 Å². The lowest BCUT2D eigenvalue weighted by Gasteiger charge is -2.15. The lowest BCUT2D eigenvalue weighted by Crippen LogP contribution is -2.45. The molecule has 2 aromatic carbocycles. The molecule has 176 valence electrons. The number of hydrogen-bond acceptors (Lipinski definition) is 6. The number of hydrogen-bond donors (Lipinski definition) is 3. The Morgan fingerprint density at radius 1 is 1.00 bits per heavy atom. The van der Waals surface area contributed by atoms with Gasteiger partial charge in [0.25, 0.3) is 5.69 Å². The van der Waals surface area contributed by atoms with Crippen LogP contribution in [0.5, 0.6) is 0 Å². The second kappa shape index (κ2) is 13.5. The molecule has 0 aliphatic rings. The summed E-state index contributed by atoms with van der Waals surface area (Å²) in [6, 6.07) is 14.3. The molecule has 0 saturated carbocycles. The molecule has 0 spiro atoms. The molecule has 0 saturated heterocycles. The first-order valence-electron chi connectivity index (χ1n) is 10.6. The third-order valence-corrected chi connectivity index (χ3v) is 4.85. The number of nitrogens with two attached hydrogens (primary N) is 1. The average molecular weight is 456 g/mol. The molecule has 0 bridgehead atoms. The Kier molecular flexibility index (Phi) is 10.3. The Bertz CT molecular complexity index is 951. The van der Waals surface area contributed by atoms with Gasteiger partial charge in [-0.05, 0) is 18.4 Å². The van der Waals surface area contributed by atoms with Crippen molar-refractivity contribution in [3.05, 3.63) is 75.8 Å². The van der Waals surface area contributed by atoms with Crippen LogP contribution in [0.4, 0.5) is 10.5 Å². The summed E-state index contributed by atoms with van der Waals surface area (Å²) < 4.78 is 5.11. The molecular formula is C23H28N4O6.